The van der Waals surface area contributed by atoms with E-state index in [2.05, 4.69) is 46.6 Å². The minimum Gasteiger partial charge on any atom is -0.496 e. The molecular formula is C21H30N4O2. The van der Waals surface area contributed by atoms with Crippen LogP contribution in [0.1, 0.15) is 30.5 Å². The van der Waals surface area contributed by atoms with E-state index in [1.54, 1.807) is 13.3 Å². The van der Waals surface area contributed by atoms with Crippen molar-refractivity contribution in [2.24, 2.45) is 4.99 Å². The normalized spacial score (nSPS) is 11.2. The van der Waals surface area contributed by atoms with Crippen LogP contribution in [0.15, 0.2) is 41.5 Å². The smallest absolute Gasteiger partial charge is 0.213 e. The number of benzene rings is 1. The summed E-state index contributed by atoms with van der Waals surface area (Å²) < 4.78 is 10.9. The molecule has 0 amide bonds. The van der Waals surface area contributed by atoms with Gasteiger partial charge in [-0.1, -0.05) is 17.7 Å². The molecule has 0 unspecified atom stereocenters. The van der Waals surface area contributed by atoms with E-state index in [1.807, 2.05) is 25.1 Å². The summed E-state index contributed by atoms with van der Waals surface area (Å²) in [6.45, 7) is 8.83. The lowest BCUT2D eigenvalue weighted by Gasteiger charge is -2.13. The van der Waals surface area contributed by atoms with Gasteiger partial charge in [0.1, 0.15) is 5.75 Å². The number of hydrogen-bond acceptors (Lipinski definition) is 4. The van der Waals surface area contributed by atoms with Crippen molar-refractivity contribution in [2.45, 2.75) is 33.7 Å². The fourth-order valence-electron chi connectivity index (χ4n) is 2.71. The third kappa shape index (κ3) is 6.81. The molecular weight excluding hydrogens is 340 g/mol. The summed E-state index contributed by atoms with van der Waals surface area (Å²) in [4.78, 5) is 8.84. The molecule has 2 aromatic rings. The molecule has 0 saturated heterocycles. The summed E-state index contributed by atoms with van der Waals surface area (Å²) in [6.07, 6.45) is 2.61. The highest BCUT2D eigenvalue weighted by molar-refractivity contribution is 5.79. The van der Waals surface area contributed by atoms with Gasteiger partial charge >= 0.3 is 0 Å². The lowest BCUT2D eigenvalue weighted by atomic mass is 10.1. The van der Waals surface area contributed by atoms with Crippen molar-refractivity contribution < 1.29 is 9.47 Å². The Hall–Kier alpha value is -2.76. The zero-order chi connectivity index (χ0) is 19.5. The Morgan fingerprint density at radius 2 is 2.00 bits per heavy atom. The number of pyridine rings is 1. The van der Waals surface area contributed by atoms with Gasteiger partial charge < -0.3 is 20.1 Å². The lowest BCUT2D eigenvalue weighted by molar-refractivity contribution is 0.326. The standard InChI is InChI=1S/C21H30N4O2/c1-5-22-21(25-15-17-9-11-23-20(14-17)27-6-2)24-12-10-18-13-16(3)7-8-19(18)26-4/h7-9,11,13-14H,5-6,10,12,15H2,1-4H3,(H2,22,24,25). The Labute approximate surface area is 162 Å². The number of rotatable bonds is 9. The highest BCUT2D eigenvalue weighted by Crippen LogP contribution is 2.19. The maximum atomic E-state index is 5.45. The van der Waals surface area contributed by atoms with Crippen LogP contribution in [0.4, 0.5) is 0 Å². The SMILES string of the molecule is CCNC(=NCc1ccnc(OCC)c1)NCCc1cc(C)ccc1OC. The summed E-state index contributed by atoms with van der Waals surface area (Å²) in [7, 11) is 1.71. The Kier molecular flexibility index (Phi) is 8.42. The zero-order valence-corrected chi connectivity index (χ0v) is 16.7. The largest absolute Gasteiger partial charge is 0.496 e. The van der Waals surface area contributed by atoms with Crippen molar-refractivity contribution in [3.63, 3.8) is 0 Å². The van der Waals surface area contributed by atoms with Gasteiger partial charge in [0, 0.05) is 25.4 Å². The van der Waals surface area contributed by atoms with E-state index < -0.39 is 0 Å². The predicted octanol–water partition coefficient (Wildman–Crippen LogP) is 3.10. The molecule has 0 aliphatic heterocycles. The molecule has 0 aliphatic rings. The van der Waals surface area contributed by atoms with Gasteiger partial charge in [0.25, 0.3) is 0 Å². The summed E-state index contributed by atoms with van der Waals surface area (Å²) in [5, 5.41) is 6.67. The van der Waals surface area contributed by atoms with Gasteiger partial charge in [-0.05, 0) is 50.5 Å². The topological polar surface area (TPSA) is 67.8 Å². The van der Waals surface area contributed by atoms with Crippen molar-refractivity contribution in [1.29, 1.82) is 0 Å². The molecule has 0 atom stereocenters. The summed E-state index contributed by atoms with van der Waals surface area (Å²) in [5.41, 5.74) is 3.48. The first-order chi connectivity index (χ1) is 13.2. The van der Waals surface area contributed by atoms with Crippen molar-refractivity contribution in [3.05, 3.63) is 53.2 Å². The third-order valence-corrected chi connectivity index (χ3v) is 3.98. The van der Waals surface area contributed by atoms with Crippen LogP contribution in [-0.4, -0.2) is 37.7 Å². The Morgan fingerprint density at radius 3 is 2.74 bits per heavy atom. The number of ether oxygens (including phenoxy) is 2. The number of nitrogens with zero attached hydrogens (tertiary/aromatic N) is 2. The first-order valence-electron chi connectivity index (χ1n) is 9.39. The van der Waals surface area contributed by atoms with Crippen molar-refractivity contribution in [1.82, 2.24) is 15.6 Å². The number of aromatic nitrogens is 1. The van der Waals surface area contributed by atoms with Gasteiger partial charge in [0.05, 0.1) is 20.3 Å². The van der Waals surface area contributed by atoms with Crippen molar-refractivity contribution in [2.75, 3.05) is 26.8 Å². The number of methoxy groups -OCH3 is 1. The maximum absolute atomic E-state index is 5.45. The van der Waals surface area contributed by atoms with E-state index >= 15 is 0 Å². The van der Waals surface area contributed by atoms with Crippen LogP contribution < -0.4 is 20.1 Å². The molecule has 6 nitrogen and oxygen atoms in total. The molecule has 1 aromatic heterocycles. The average molecular weight is 370 g/mol. The van der Waals surface area contributed by atoms with E-state index in [1.165, 1.54) is 11.1 Å². The van der Waals surface area contributed by atoms with Gasteiger partial charge in [-0.15, -0.1) is 0 Å². The molecule has 2 rings (SSSR count). The number of aliphatic imine (C=N–C) groups is 1. The third-order valence-electron chi connectivity index (χ3n) is 3.98. The van der Waals surface area contributed by atoms with Gasteiger partial charge in [-0.2, -0.15) is 0 Å². The Morgan fingerprint density at radius 1 is 1.15 bits per heavy atom. The van der Waals surface area contributed by atoms with Crippen LogP contribution in [0, 0.1) is 6.92 Å². The number of hydrogen-bond donors (Lipinski definition) is 2. The second-order valence-corrected chi connectivity index (χ2v) is 6.12. The molecule has 2 N–H and O–H groups in total. The van der Waals surface area contributed by atoms with E-state index in [0.29, 0.717) is 19.0 Å². The first-order valence-corrected chi connectivity index (χ1v) is 9.39. The van der Waals surface area contributed by atoms with Gasteiger partial charge in [-0.3, -0.25) is 0 Å². The van der Waals surface area contributed by atoms with Gasteiger partial charge in [0.2, 0.25) is 5.88 Å². The molecule has 0 spiro atoms. The van der Waals surface area contributed by atoms with Crippen LogP contribution >= 0.6 is 0 Å². The van der Waals surface area contributed by atoms with Crippen LogP contribution in [-0.2, 0) is 13.0 Å². The molecule has 0 bridgehead atoms. The molecule has 27 heavy (non-hydrogen) atoms. The summed E-state index contributed by atoms with van der Waals surface area (Å²) in [5.74, 6) is 2.35. The van der Waals surface area contributed by atoms with Crippen LogP contribution in [0.3, 0.4) is 0 Å². The van der Waals surface area contributed by atoms with Crippen LogP contribution in [0.25, 0.3) is 0 Å². The second kappa shape index (κ2) is 11.1. The van der Waals surface area contributed by atoms with E-state index in [9.17, 15) is 0 Å². The second-order valence-electron chi connectivity index (χ2n) is 6.12. The van der Waals surface area contributed by atoms with Crippen LogP contribution in [0.5, 0.6) is 11.6 Å². The van der Waals surface area contributed by atoms with E-state index in [0.717, 1.165) is 36.8 Å². The highest BCUT2D eigenvalue weighted by Gasteiger charge is 2.04. The minimum absolute atomic E-state index is 0.561. The fourth-order valence-corrected chi connectivity index (χ4v) is 2.71. The van der Waals surface area contributed by atoms with Gasteiger partial charge in [0.15, 0.2) is 5.96 Å². The quantitative estimate of drug-likeness (QED) is 0.524. The van der Waals surface area contributed by atoms with E-state index in [-0.39, 0.29) is 0 Å². The summed E-state index contributed by atoms with van der Waals surface area (Å²) in [6, 6.07) is 10.1. The Bertz CT molecular complexity index is 747. The van der Waals surface area contributed by atoms with Crippen molar-refractivity contribution >= 4 is 5.96 Å². The van der Waals surface area contributed by atoms with Crippen molar-refractivity contribution in [3.8, 4) is 11.6 Å². The molecule has 0 radical (unpaired) electrons. The molecule has 1 aromatic carbocycles. The molecule has 0 saturated carbocycles. The molecule has 6 heteroatoms. The number of aryl methyl sites for hydroxylation is 1. The average Bonchev–Trinajstić information content (AvgIpc) is 2.67. The number of guanidine groups is 1. The maximum Gasteiger partial charge on any atom is 0.213 e. The predicted molar refractivity (Wildman–Crippen MR) is 110 cm³/mol. The molecule has 146 valence electrons. The fraction of sp³-hybridized carbons (Fsp3) is 0.429. The van der Waals surface area contributed by atoms with E-state index in [4.69, 9.17) is 9.47 Å². The number of nitrogens with one attached hydrogen (secondary N) is 2. The Balaban J connectivity index is 1.96. The summed E-state index contributed by atoms with van der Waals surface area (Å²) >= 11 is 0. The highest BCUT2D eigenvalue weighted by atomic mass is 16.5. The molecule has 0 fully saturated rings. The first kappa shape index (κ1) is 20.6. The zero-order valence-electron chi connectivity index (χ0n) is 16.7. The minimum atomic E-state index is 0.561. The molecule has 1 heterocycles. The monoisotopic (exact) mass is 370 g/mol. The van der Waals surface area contributed by atoms with Gasteiger partial charge in [-0.25, -0.2) is 9.98 Å². The molecule has 0 aliphatic carbocycles. The van der Waals surface area contributed by atoms with Crippen LogP contribution in [0.2, 0.25) is 0 Å². The lowest BCUT2D eigenvalue weighted by Crippen LogP contribution is -2.38.